The molecule has 2 aliphatic rings. The minimum atomic E-state index is -0.894. The molecule has 0 bridgehead atoms. The summed E-state index contributed by atoms with van der Waals surface area (Å²) >= 11 is 5.92. The van der Waals surface area contributed by atoms with Gasteiger partial charge in [-0.3, -0.25) is 9.59 Å². The molecule has 1 aromatic rings. The number of aliphatic carboxylic acids is 1. The van der Waals surface area contributed by atoms with E-state index in [1.165, 1.54) is 0 Å². The summed E-state index contributed by atoms with van der Waals surface area (Å²) in [6, 6.07) is 4.96. The molecule has 2 N–H and O–H groups in total. The number of rotatable bonds is 5. The van der Waals surface area contributed by atoms with Crippen LogP contribution in [0.25, 0.3) is 0 Å². The molecule has 1 aliphatic carbocycles. The molecule has 1 heterocycles. The van der Waals surface area contributed by atoms with Crippen molar-refractivity contribution in [2.24, 2.45) is 5.92 Å². The Morgan fingerprint density at radius 3 is 2.86 bits per heavy atom. The summed E-state index contributed by atoms with van der Waals surface area (Å²) < 4.78 is 5.61. The van der Waals surface area contributed by atoms with Crippen LogP contribution in [0, 0.1) is 5.92 Å². The molecule has 6 heteroatoms. The first-order valence-electron chi connectivity index (χ1n) is 7.00. The lowest BCUT2D eigenvalue weighted by atomic mass is 10.1. The fraction of sp³-hybridized carbons (Fsp3) is 0.467. The zero-order valence-corrected chi connectivity index (χ0v) is 12.1. The van der Waals surface area contributed by atoms with Crippen molar-refractivity contribution in [3.63, 3.8) is 0 Å². The summed E-state index contributed by atoms with van der Waals surface area (Å²) in [7, 11) is 0. The van der Waals surface area contributed by atoms with Crippen molar-refractivity contribution in [1.82, 2.24) is 5.32 Å². The maximum absolute atomic E-state index is 12.3. The average Bonchev–Trinajstić information content (AvgIpc) is 3.17. The molecule has 5 nitrogen and oxygen atoms in total. The Morgan fingerprint density at radius 1 is 1.43 bits per heavy atom. The SMILES string of the molecule is O=C(O)CC(NC(=O)C1Cc2cc(Cl)ccc2O1)C1CC1. The Bertz CT molecular complexity index is 585. The number of hydrogen-bond donors (Lipinski definition) is 2. The number of ether oxygens (including phenoxy) is 1. The van der Waals surface area contributed by atoms with Crippen LogP contribution in [-0.4, -0.2) is 29.1 Å². The standard InChI is InChI=1S/C15H16ClNO4/c16-10-3-4-12-9(5-10)6-13(21-12)15(20)17-11(7-14(18)19)8-1-2-8/h3-5,8,11,13H,1-2,6-7H2,(H,17,20)(H,18,19). The van der Waals surface area contributed by atoms with Gasteiger partial charge in [0.15, 0.2) is 6.10 Å². The smallest absolute Gasteiger partial charge is 0.305 e. The molecule has 1 fully saturated rings. The second-order valence-corrected chi connectivity index (χ2v) is 6.05. The third kappa shape index (κ3) is 3.29. The van der Waals surface area contributed by atoms with Gasteiger partial charge in [-0.15, -0.1) is 0 Å². The van der Waals surface area contributed by atoms with Crippen LogP contribution in [0.3, 0.4) is 0 Å². The molecule has 3 rings (SSSR count). The Balaban J connectivity index is 1.62. The van der Waals surface area contributed by atoms with Gasteiger partial charge in [0, 0.05) is 17.5 Å². The second kappa shape index (κ2) is 5.56. The fourth-order valence-corrected chi connectivity index (χ4v) is 2.86. The van der Waals surface area contributed by atoms with Crippen LogP contribution >= 0.6 is 11.6 Å². The van der Waals surface area contributed by atoms with E-state index < -0.39 is 12.1 Å². The highest BCUT2D eigenvalue weighted by atomic mass is 35.5. The molecule has 0 aromatic heterocycles. The Labute approximate surface area is 127 Å². The van der Waals surface area contributed by atoms with Crippen molar-refractivity contribution in [2.75, 3.05) is 0 Å². The normalized spacial score (nSPS) is 21.3. The van der Waals surface area contributed by atoms with Gasteiger partial charge in [0.2, 0.25) is 0 Å². The summed E-state index contributed by atoms with van der Waals surface area (Å²) in [5.41, 5.74) is 0.906. The highest BCUT2D eigenvalue weighted by Crippen LogP contribution is 2.35. The maximum Gasteiger partial charge on any atom is 0.305 e. The van der Waals surface area contributed by atoms with E-state index in [4.69, 9.17) is 21.4 Å². The van der Waals surface area contributed by atoms with Gasteiger partial charge in [-0.25, -0.2) is 0 Å². The van der Waals surface area contributed by atoms with E-state index >= 15 is 0 Å². The quantitative estimate of drug-likeness (QED) is 0.872. The molecule has 0 spiro atoms. The predicted molar refractivity (Wildman–Crippen MR) is 76.5 cm³/mol. The third-order valence-electron chi connectivity index (χ3n) is 3.90. The first-order valence-corrected chi connectivity index (χ1v) is 7.38. The van der Waals surface area contributed by atoms with Gasteiger partial charge < -0.3 is 15.2 Å². The zero-order chi connectivity index (χ0) is 15.0. The van der Waals surface area contributed by atoms with Gasteiger partial charge in [-0.05, 0) is 42.5 Å². The van der Waals surface area contributed by atoms with Crippen molar-refractivity contribution in [3.05, 3.63) is 28.8 Å². The van der Waals surface area contributed by atoms with Gasteiger partial charge in [0.1, 0.15) is 5.75 Å². The van der Waals surface area contributed by atoms with Crippen LogP contribution in [0.5, 0.6) is 5.75 Å². The van der Waals surface area contributed by atoms with Crippen molar-refractivity contribution < 1.29 is 19.4 Å². The van der Waals surface area contributed by atoms with Gasteiger partial charge in [0.05, 0.1) is 6.42 Å². The first kappa shape index (κ1) is 14.2. The highest BCUT2D eigenvalue weighted by Gasteiger charge is 2.37. The number of hydrogen-bond acceptors (Lipinski definition) is 3. The summed E-state index contributed by atoms with van der Waals surface area (Å²) in [5, 5.41) is 12.3. The Kier molecular flexibility index (Phi) is 3.76. The minimum absolute atomic E-state index is 0.0398. The number of carboxylic acid groups (broad SMARTS) is 1. The lowest BCUT2D eigenvalue weighted by molar-refractivity contribution is -0.138. The average molecular weight is 310 g/mol. The maximum atomic E-state index is 12.3. The minimum Gasteiger partial charge on any atom is -0.481 e. The molecule has 112 valence electrons. The van der Waals surface area contributed by atoms with E-state index in [1.807, 2.05) is 0 Å². The topological polar surface area (TPSA) is 75.6 Å². The molecule has 1 amide bonds. The number of nitrogens with one attached hydrogen (secondary N) is 1. The van der Waals surface area contributed by atoms with Crippen molar-refractivity contribution in [3.8, 4) is 5.75 Å². The van der Waals surface area contributed by atoms with Gasteiger partial charge in [0.25, 0.3) is 5.91 Å². The van der Waals surface area contributed by atoms with Crippen LogP contribution < -0.4 is 10.1 Å². The number of benzene rings is 1. The van der Waals surface area contributed by atoms with Crippen molar-refractivity contribution in [1.29, 1.82) is 0 Å². The number of halogens is 1. The molecule has 21 heavy (non-hydrogen) atoms. The number of amides is 1. The van der Waals surface area contributed by atoms with E-state index in [9.17, 15) is 9.59 Å². The van der Waals surface area contributed by atoms with Crippen molar-refractivity contribution >= 4 is 23.5 Å². The molecule has 1 aromatic carbocycles. The summed E-state index contributed by atoms with van der Waals surface area (Å²) in [6.07, 6.45) is 1.77. The monoisotopic (exact) mass is 309 g/mol. The van der Waals surface area contributed by atoms with E-state index in [0.717, 1.165) is 18.4 Å². The molecule has 0 saturated heterocycles. The molecule has 2 unspecified atom stereocenters. The lowest BCUT2D eigenvalue weighted by Gasteiger charge is -2.18. The highest BCUT2D eigenvalue weighted by molar-refractivity contribution is 6.30. The van der Waals surface area contributed by atoms with Crippen LogP contribution in [0.1, 0.15) is 24.8 Å². The van der Waals surface area contributed by atoms with Gasteiger partial charge >= 0.3 is 5.97 Å². The number of carboxylic acids is 1. The number of carbonyl (C=O) groups is 2. The molecule has 0 radical (unpaired) electrons. The van der Waals surface area contributed by atoms with Gasteiger partial charge in [-0.2, -0.15) is 0 Å². The summed E-state index contributed by atoms with van der Waals surface area (Å²) in [6.45, 7) is 0. The van der Waals surface area contributed by atoms with Crippen LogP contribution in [-0.2, 0) is 16.0 Å². The molecular weight excluding hydrogens is 294 g/mol. The van der Waals surface area contributed by atoms with Crippen LogP contribution in [0.2, 0.25) is 5.02 Å². The first-order chi connectivity index (χ1) is 10.0. The largest absolute Gasteiger partial charge is 0.481 e. The number of carbonyl (C=O) groups excluding carboxylic acids is 1. The fourth-order valence-electron chi connectivity index (χ4n) is 2.66. The van der Waals surface area contributed by atoms with Crippen LogP contribution in [0.15, 0.2) is 18.2 Å². The molecule has 1 saturated carbocycles. The molecule has 1 aliphatic heterocycles. The van der Waals surface area contributed by atoms with E-state index in [1.54, 1.807) is 18.2 Å². The Hall–Kier alpha value is -1.75. The van der Waals surface area contributed by atoms with E-state index in [2.05, 4.69) is 5.32 Å². The van der Waals surface area contributed by atoms with Gasteiger partial charge in [-0.1, -0.05) is 11.6 Å². The zero-order valence-electron chi connectivity index (χ0n) is 11.3. The van der Waals surface area contributed by atoms with Crippen molar-refractivity contribution in [2.45, 2.75) is 37.8 Å². The van der Waals surface area contributed by atoms with E-state index in [0.29, 0.717) is 17.2 Å². The summed E-state index contributed by atoms with van der Waals surface area (Å²) in [5.74, 6) is -0.195. The Morgan fingerprint density at radius 2 is 2.19 bits per heavy atom. The predicted octanol–water partition coefficient (Wildman–Crippen LogP) is 2.01. The third-order valence-corrected chi connectivity index (χ3v) is 4.14. The lowest BCUT2D eigenvalue weighted by Crippen LogP contribution is -2.45. The van der Waals surface area contributed by atoms with Crippen LogP contribution in [0.4, 0.5) is 0 Å². The second-order valence-electron chi connectivity index (χ2n) is 5.61. The molecular formula is C15H16ClNO4. The van der Waals surface area contributed by atoms with E-state index in [-0.39, 0.29) is 24.3 Å². The molecule has 2 atom stereocenters. The summed E-state index contributed by atoms with van der Waals surface area (Å²) in [4.78, 5) is 23.1. The number of fused-ring (bicyclic) bond motifs is 1.